The van der Waals surface area contributed by atoms with Crippen LogP contribution in [0.25, 0.3) is 0 Å². The van der Waals surface area contributed by atoms with Gasteiger partial charge in [-0.15, -0.1) is 0 Å². The number of ether oxygens (including phenoxy) is 2. The van der Waals surface area contributed by atoms with Gasteiger partial charge in [0.25, 0.3) is 0 Å². The second kappa shape index (κ2) is 6.15. The van der Waals surface area contributed by atoms with Crippen molar-refractivity contribution in [2.75, 3.05) is 0 Å². The summed E-state index contributed by atoms with van der Waals surface area (Å²) in [6.07, 6.45) is 9.55. The quantitative estimate of drug-likeness (QED) is 0.730. The molecule has 0 spiro atoms. The molecule has 0 amide bonds. The van der Waals surface area contributed by atoms with Gasteiger partial charge in [-0.3, -0.25) is 0 Å². The van der Waals surface area contributed by atoms with Crippen LogP contribution in [0.15, 0.2) is 0 Å². The molecule has 1 aliphatic heterocycles. The summed E-state index contributed by atoms with van der Waals surface area (Å²) in [5.74, 6) is -0.251. The smallest absolute Gasteiger partial charge is 0.348 e. The van der Waals surface area contributed by atoms with Gasteiger partial charge in [0, 0.05) is 11.8 Å². The van der Waals surface area contributed by atoms with Crippen LogP contribution in [-0.4, -0.2) is 24.1 Å². The molecule has 3 aliphatic rings. The van der Waals surface area contributed by atoms with E-state index in [0.717, 1.165) is 51.4 Å². The monoisotopic (exact) mass is 280 g/mol. The molecule has 2 atom stereocenters. The molecule has 20 heavy (non-hydrogen) atoms. The Labute approximate surface area is 120 Å². The zero-order chi connectivity index (χ0) is 13.9. The van der Waals surface area contributed by atoms with E-state index in [0.29, 0.717) is 0 Å². The summed E-state index contributed by atoms with van der Waals surface area (Å²) in [6, 6.07) is 0. The standard InChI is InChI=1S/C16H24O4/c17-15-13(11-7-3-1-4-8-11)19-16(18)14(20-15)12-9-5-2-6-10-12/h11-14H,1-10H2/t13-,14-/m1/s1. The molecule has 0 bridgehead atoms. The topological polar surface area (TPSA) is 52.6 Å². The Kier molecular flexibility index (Phi) is 4.27. The molecule has 1 saturated heterocycles. The molecule has 0 radical (unpaired) electrons. The lowest BCUT2D eigenvalue weighted by atomic mass is 9.83. The predicted octanol–water partition coefficient (Wildman–Crippen LogP) is 2.98. The fraction of sp³-hybridized carbons (Fsp3) is 0.875. The molecule has 0 N–H and O–H groups in total. The van der Waals surface area contributed by atoms with Crippen LogP contribution in [0.2, 0.25) is 0 Å². The SMILES string of the molecule is O=C1O[C@H](C2CCCCC2)C(=O)O[C@@H]1C1CCCCC1. The largest absolute Gasteiger partial charge is 0.447 e. The summed E-state index contributed by atoms with van der Waals surface area (Å²) in [5.41, 5.74) is 0. The lowest BCUT2D eigenvalue weighted by Gasteiger charge is -2.37. The first-order valence-corrected chi connectivity index (χ1v) is 8.16. The van der Waals surface area contributed by atoms with Gasteiger partial charge in [-0.2, -0.15) is 0 Å². The van der Waals surface area contributed by atoms with Crippen molar-refractivity contribution in [2.24, 2.45) is 11.8 Å². The van der Waals surface area contributed by atoms with Crippen LogP contribution in [0.3, 0.4) is 0 Å². The number of cyclic esters (lactones) is 2. The summed E-state index contributed by atoms with van der Waals surface area (Å²) < 4.78 is 11.0. The highest BCUT2D eigenvalue weighted by atomic mass is 16.6. The molecule has 3 rings (SSSR count). The molecule has 1 heterocycles. The van der Waals surface area contributed by atoms with Crippen molar-refractivity contribution in [2.45, 2.75) is 76.4 Å². The third-order valence-corrected chi connectivity index (χ3v) is 5.11. The molecule has 0 aromatic heterocycles. The van der Waals surface area contributed by atoms with Crippen molar-refractivity contribution in [3.63, 3.8) is 0 Å². The van der Waals surface area contributed by atoms with E-state index in [4.69, 9.17) is 9.47 Å². The second-order valence-electron chi connectivity index (χ2n) is 6.51. The number of rotatable bonds is 2. The Morgan fingerprint density at radius 1 is 0.600 bits per heavy atom. The minimum Gasteiger partial charge on any atom is -0.447 e. The van der Waals surface area contributed by atoms with Gasteiger partial charge in [0.15, 0.2) is 0 Å². The summed E-state index contributed by atoms with van der Waals surface area (Å²) >= 11 is 0. The molecule has 4 nitrogen and oxygen atoms in total. The highest BCUT2D eigenvalue weighted by Gasteiger charge is 2.45. The van der Waals surface area contributed by atoms with Crippen LogP contribution in [-0.2, 0) is 19.1 Å². The predicted molar refractivity (Wildman–Crippen MR) is 72.9 cm³/mol. The molecule has 3 fully saturated rings. The second-order valence-corrected chi connectivity index (χ2v) is 6.51. The molecular formula is C16H24O4. The average molecular weight is 280 g/mol. The lowest BCUT2D eigenvalue weighted by molar-refractivity contribution is -0.205. The Balaban J connectivity index is 1.63. The summed E-state index contributed by atoms with van der Waals surface area (Å²) in [5, 5.41) is 0. The zero-order valence-electron chi connectivity index (χ0n) is 12.0. The van der Waals surface area contributed by atoms with Crippen molar-refractivity contribution in [1.82, 2.24) is 0 Å². The fourth-order valence-electron chi connectivity index (χ4n) is 3.93. The van der Waals surface area contributed by atoms with Gasteiger partial charge in [-0.1, -0.05) is 38.5 Å². The van der Waals surface area contributed by atoms with Crippen LogP contribution >= 0.6 is 0 Å². The highest BCUT2D eigenvalue weighted by molar-refractivity contribution is 5.87. The van der Waals surface area contributed by atoms with E-state index >= 15 is 0 Å². The molecule has 0 aromatic rings. The maximum absolute atomic E-state index is 12.2. The van der Waals surface area contributed by atoms with Gasteiger partial charge in [-0.25, -0.2) is 9.59 Å². The Morgan fingerprint density at radius 3 is 1.30 bits per heavy atom. The molecule has 0 unspecified atom stereocenters. The third kappa shape index (κ3) is 2.84. The summed E-state index contributed by atoms with van der Waals surface area (Å²) in [4.78, 5) is 24.4. The Hall–Kier alpha value is -1.06. The van der Waals surface area contributed by atoms with Gasteiger partial charge < -0.3 is 9.47 Å². The van der Waals surface area contributed by atoms with Crippen LogP contribution in [0.1, 0.15) is 64.2 Å². The van der Waals surface area contributed by atoms with Gasteiger partial charge in [0.2, 0.25) is 12.2 Å². The maximum atomic E-state index is 12.2. The molecular weight excluding hydrogens is 256 g/mol. The maximum Gasteiger partial charge on any atom is 0.348 e. The van der Waals surface area contributed by atoms with E-state index in [2.05, 4.69) is 0 Å². The molecule has 112 valence electrons. The summed E-state index contributed by atoms with van der Waals surface area (Å²) in [7, 11) is 0. The zero-order valence-corrected chi connectivity index (χ0v) is 12.0. The highest BCUT2D eigenvalue weighted by Crippen LogP contribution is 2.34. The van der Waals surface area contributed by atoms with Gasteiger partial charge in [-0.05, 0) is 25.7 Å². The number of hydrogen-bond acceptors (Lipinski definition) is 4. The molecule has 2 aliphatic carbocycles. The van der Waals surface area contributed by atoms with E-state index < -0.39 is 12.2 Å². The van der Waals surface area contributed by atoms with Crippen molar-refractivity contribution in [1.29, 1.82) is 0 Å². The molecule has 0 aromatic carbocycles. The minimum absolute atomic E-state index is 0.174. The fourth-order valence-corrected chi connectivity index (χ4v) is 3.93. The van der Waals surface area contributed by atoms with Crippen molar-refractivity contribution >= 4 is 11.9 Å². The number of carbonyl (C=O) groups is 2. The van der Waals surface area contributed by atoms with Crippen LogP contribution in [0.4, 0.5) is 0 Å². The van der Waals surface area contributed by atoms with Gasteiger partial charge in [0.05, 0.1) is 0 Å². The van der Waals surface area contributed by atoms with E-state index in [9.17, 15) is 9.59 Å². The average Bonchev–Trinajstić information content (AvgIpc) is 2.51. The van der Waals surface area contributed by atoms with E-state index in [1.54, 1.807) is 0 Å². The van der Waals surface area contributed by atoms with Crippen molar-refractivity contribution < 1.29 is 19.1 Å². The van der Waals surface area contributed by atoms with E-state index in [-0.39, 0.29) is 23.8 Å². The first-order valence-electron chi connectivity index (χ1n) is 8.16. The minimum atomic E-state index is -0.636. The summed E-state index contributed by atoms with van der Waals surface area (Å²) in [6.45, 7) is 0. The Morgan fingerprint density at radius 2 is 0.950 bits per heavy atom. The van der Waals surface area contributed by atoms with E-state index in [1.165, 1.54) is 12.8 Å². The van der Waals surface area contributed by atoms with Crippen LogP contribution < -0.4 is 0 Å². The number of esters is 2. The molecule has 4 heteroatoms. The number of carbonyl (C=O) groups excluding carboxylic acids is 2. The van der Waals surface area contributed by atoms with Crippen molar-refractivity contribution in [3.05, 3.63) is 0 Å². The molecule has 2 saturated carbocycles. The van der Waals surface area contributed by atoms with Gasteiger partial charge in [0.1, 0.15) is 0 Å². The van der Waals surface area contributed by atoms with Crippen LogP contribution in [0.5, 0.6) is 0 Å². The first kappa shape index (κ1) is 13.9. The third-order valence-electron chi connectivity index (χ3n) is 5.11. The van der Waals surface area contributed by atoms with Gasteiger partial charge >= 0.3 is 11.9 Å². The van der Waals surface area contributed by atoms with Crippen LogP contribution in [0, 0.1) is 11.8 Å². The van der Waals surface area contributed by atoms with E-state index in [1.807, 2.05) is 0 Å². The first-order chi connectivity index (χ1) is 9.75. The number of hydrogen-bond donors (Lipinski definition) is 0. The lowest BCUT2D eigenvalue weighted by Crippen LogP contribution is -2.50. The normalized spacial score (nSPS) is 33.6. The van der Waals surface area contributed by atoms with Crippen molar-refractivity contribution in [3.8, 4) is 0 Å². The Bertz CT molecular complexity index is 331.